The van der Waals surface area contributed by atoms with E-state index < -0.39 is 0 Å². The molecule has 0 aliphatic heterocycles. The standard InChI is InChI=1S/C24H29NO4/c1-27-23-15-12-19(16-25-23)22-8-4-3-7-20(22)17-29-21-13-10-18(11-14-21)6-5-9-24(26)28-2/h10-16H,3-9,17H2,1-2H3. The number of rotatable bonds is 9. The first-order chi connectivity index (χ1) is 14.2. The fourth-order valence-corrected chi connectivity index (χ4v) is 3.62. The molecule has 3 rings (SSSR count). The molecule has 0 saturated carbocycles. The number of carbonyl (C=O) groups excluding carboxylic acids is 1. The topological polar surface area (TPSA) is 57.7 Å². The summed E-state index contributed by atoms with van der Waals surface area (Å²) in [6.45, 7) is 0.600. The lowest BCUT2D eigenvalue weighted by atomic mass is 9.88. The minimum absolute atomic E-state index is 0.159. The quantitative estimate of drug-likeness (QED) is 0.560. The Morgan fingerprint density at radius 1 is 1.03 bits per heavy atom. The van der Waals surface area contributed by atoms with Crippen LogP contribution in [0, 0.1) is 0 Å². The molecule has 5 heteroatoms. The van der Waals surface area contributed by atoms with Gasteiger partial charge in [0.1, 0.15) is 12.4 Å². The van der Waals surface area contributed by atoms with Crippen LogP contribution in [-0.2, 0) is 16.0 Å². The molecule has 0 bridgehead atoms. The largest absolute Gasteiger partial charge is 0.489 e. The van der Waals surface area contributed by atoms with Gasteiger partial charge in [0.05, 0.1) is 14.2 Å². The third-order valence-corrected chi connectivity index (χ3v) is 5.29. The third kappa shape index (κ3) is 6.08. The number of esters is 1. The first-order valence-electron chi connectivity index (χ1n) is 10.2. The van der Waals surface area contributed by atoms with Crippen LogP contribution in [0.5, 0.6) is 11.6 Å². The van der Waals surface area contributed by atoms with Crippen LogP contribution >= 0.6 is 0 Å². The van der Waals surface area contributed by atoms with Gasteiger partial charge in [0.2, 0.25) is 5.88 Å². The molecule has 0 N–H and O–H groups in total. The number of methoxy groups -OCH3 is 2. The maximum atomic E-state index is 11.2. The minimum atomic E-state index is -0.159. The summed E-state index contributed by atoms with van der Waals surface area (Å²) in [4.78, 5) is 15.5. The number of hydrogen-bond acceptors (Lipinski definition) is 5. The van der Waals surface area contributed by atoms with Crippen molar-refractivity contribution >= 4 is 11.5 Å². The molecule has 0 unspecified atom stereocenters. The lowest BCUT2D eigenvalue weighted by Gasteiger charge is -2.21. The third-order valence-electron chi connectivity index (χ3n) is 5.29. The summed E-state index contributed by atoms with van der Waals surface area (Å²) in [6, 6.07) is 12.1. The van der Waals surface area contributed by atoms with E-state index in [-0.39, 0.29) is 5.97 Å². The molecule has 0 amide bonds. The normalized spacial score (nSPS) is 13.9. The summed E-state index contributed by atoms with van der Waals surface area (Å²) in [7, 11) is 3.05. The van der Waals surface area contributed by atoms with E-state index in [0.717, 1.165) is 37.0 Å². The Labute approximate surface area is 172 Å². The van der Waals surface area contributed by atoms with Crippen LogP contribution < -0.4 is 9.47 Å². The highest BCUT2D eigenvalue weighted by Gasteiger charge is 2.15. The monoisotopic (exact) mass is 395 g/mol. The first kappa shape index (κ1) is 20.9. The Morgan fingerprint density at radius 3 is 2.52 bits per heavy atom. The predicted molar refractivity (Wildman–Crippen MR) is 113 cm³/mol. The molecule has 1 aliphatic rings. The van der Waals surface area contributed by atoms with Gasteiger partial charge in [-0.25, -0.2) is 4.98 Å². The smallest absolute Gasteiger partial charge is 0.305 e. The van der Waals surface area contributed by atoms with E-state index in [4.69, 9.17) is 9.47 Å². The van der Waals surface area contributed by atoms with Crippen molar-refractivity contribution in [2.75, 3.05) is 20.8 Å². The van der Waals surface area contributed by atoms with Crippen molar-refractivity contribution in [3.63, 3.8) is 0 Å². The molecule has 0 fully saturated rings. The average molecular weight is 395 g/mol. The zero-order valence-corrected chi connectivity index (χ0v) is 17.3. The van der Waals surface area contributed by atoms with Crippen LogP contribution in [0.1, 0.15) is 49.7 Å². The van der Waals surface area contributed by atoms with E-state index in [2.05, 4.69) is 27.9 Å². The van der Waals surface area contributed by atoms with E-state index in [1.165, 1.54) is 36.7 Å². The maximum Gasteiger partial charge on any atom is 0.305 e. The Bertz CT molecular complexity index is 825. The van der Waals surface area contributed by atoms with E-state index in [1.807, 2.05) is 24.4 Å². The Balaban J connectivity index is 1.59. The molecule has 1 aromatic heterocycles. The van der Waals surface area contributed by atoms with Gasteiger partial charge in [-0.3, -0.25) is 4.79 Å². The lowest BCUT2D eigenvalue weighted by molar-refractivity contribution is -0.140. The van der Waals surface area contributed by atoms with Crippen molar-refractivity contribution in [1.82, 2.24) is 4.98 Å². The van der Waals surface area contributed by atoms with Gasteiger partial charge in [0.15, 0.2) is 0 Å². The van der Waals surface area contributed by atoms with E-state index in [9.17, 15) is 4.79 Å². The highest BCUT2D eigenvalue weighted by atomic mass is 16.5. The fraction of sp³-hybridized carbons (Fsp3) is 0.417. The Hall–Kier alpha value is -2.82. The zero-order chi connectivity index (χ0) is 20.5. The van der Waals surface area contributed by atoms with Crippen LogP contribution in [-0.4, -0.2) is 31.8 Å². The number of pyridine rings is 1. The van der Waals surface area contributed by atoms with Crippen LogP contribution in [0.15, 0.2) is 48.2 Å². The second-order valence-electron chi connectivity index (χ2n) is 7.24. The second kappa shape index (κ2) is 10.6. The molecule has 0 radical (unpaired) electrons. The minimum Gasteiger partial charge on any atom is -0.489 e. The Morgan fingerprint density at radius 2 is 1.83 bits per heavy atom. The molecular weight excluding hydrogens is 366 g/mol. The van der Waals surface area contributed by atoms with E-state index in [0.29, 0.717) is 18.9 Å². The van der Waals surface area contributed by atoms with Crippen LogP contribution in [0.2, 0.25) is 0 Å². The molecule has 0 spiro atoms. The number of carbonyl (C=O) groups is 1. The second-order valence-corrected chi connectivity index (χ2v) is 7.24. The predicted octanol–water partition coefficient (Wildman–Crippen LogP) is 4.99. The van der Waals surface area contributed by atoms with Gasteiger partial charge < -0.3 is 14.2 Å². The summed E-state index contributed by atoms with van der Waals surface area (Å²) in [5.41, 5.74) is 5.06. The molecule has 29 heavy (non-hydrogen) atoms. The molecule has 1 heterocycles. The van der Waals surface area contributed by atoms with Crippen molar-refractivity contribution in [3.8, 4) is 11.6 Å². The molecule has 0 saturated heterocycles. The number of nitrogens with zero attached hydrogens (tertiary/aromatic N) is 1. The molecule has 2 aromatic rings. The van der Waals surface area contributed by atoms with Gasteiger partial charge in [-0.15, -0.1) is 0 Å². The summed E-state index contributed by atoms with van der Waals surface area (Å²) in [5, 5.41) is 0. The van der Waals surface area contributed by atoms with Gasteiger partial charge in [-0.05, 0) is 79.0 Å². The van der Waals surface area contributed by atoms with Crippen molar-refractivity contribution in [2.24, 2.45) is 0 Å². The van der Waals surface area contributed by atoms with Crippen molar-refractivity contribution in [1.29, 1.82) is 0 Å². The number of hydrogen-bond donors (Lipinski definition) is 0. The van der Waals surface area contributed by atoms with Gasteiger partial charge >= 0.3 is 5.97 Å². The zero-order valence-electron chi connectivity index (χ0n) is 17.3. The number of benzene rings is 1. The highest BCUT2D eigenvalue weighted by molar-refractivity contribution is 5.69. The van der Waals surface area contributed by atoms with Crippen molar-refractivity contribution < 1.29 is 19.0 Å². The molecule has 0 atom stereocenters. The van der Waals surface area contributed by atoms with Gasteiger partial charge in [-0.1, -0.05) is 12.1 Å². The number of aromatic nitrogens is 1. The van der Waals surface area contributed by atoms with Gasteiger partial charge in [0.25, 0.3) is 0 Å². The molecular formula is C24H29NO4. The van der Waals surface area contributed by atoms with Crippen LogP contribution in [0.25, 0.3) is 5.57 Å². The van der Waals surface area contributed by atoms with Crippen molar-refractivity contribution in [3.05, 3.63) is 59.3 Å². The van der Waals surface area contributed by atoms with Crippen molar-refractivity contribution in [2.45, 2.75) is 44.9 Å². The van der Waals surface area contributed by atoms with Gasteiger partial charge in [-0.2, -0.15) is 0 Å². The van der Waals surface area contributed by atoms with Crippen LogP contribution in [0.4, 0.5) is 0 Å². The number of aryl methyl sites for hydroxylation is 1. The SMILES string of the molecule is COC(=O)CCCc1ccc(OCC2=C(c3ccc(OC)nc3)CCCC2)cc1. The highest BCUT2D eigenvalue weighted by Crippen LogP contribution is 2.33. The van der Waals surface area contributed by atoms with Gasteiger partial charge in [0, 0.05) is 18.7 Å². The summed E-state index contributed by atoms with van der Waals surface area (Å²) < 4.78 is 15.9. The fourth-order valence-electron chi connectivity index (χ4n) is 3.62. The average Bonchev–Trinajstić information content (AvgIpc) is 2.78. The van der Waals surface area contributed by atoms with E-state index in [1.54, 1.807) is 7.11 Å². The summed E-state index contributed by atoms with van der Waals surface area (Å²) in [6.07, 6.45) is 8.51. The molecule has 1 aliphatic carbocycles. The number of allylic oxidation sites excluding steroid dienone is 1. The molecule has 1 aromatic carbocycles. The van der Waals surface area contributed by atoms with Crippen LogP contribution in [0.3, 0.4) is 0 Å². The summed E-state index contributed by atoms with van der Waals surface area (Å²) >= 11 is 0. The first-order valence-corrected chi connectivity index (χ1v) is 10.2. The molecule has 5 nitrogen and oxygen atoms in total. The number of ether oxygens (including phenoxy) is 3. The van der Waals surface area contributed by atoms with E-state index >= 15 is 0 Å². The molecule has 154 valence electrons. The summed E-state index contributed by atoms with van der Waals surface area (Å²) in [5.74, 6) is 1.34. The Kier molecular flexibility index (Phi) is 7.68. The maximum absolute atomic E-state index is 11.2. The lowest BCUT2D eigenvalue weighted by Crippen LogP contribution is -2.08.